The van der Waals surface area contributed by atoms with Crippen LogP contribution in [0.4, 0.5) is 10.1 Å². The molecule has 31 heavy (non-hydrogen) atoms. The van der Waals surface area contributed by atoms with Gasteiger partial charge < -0.3 is 4.90 Å². The number of likely N-dealkylation sites (tertiary alicyclic amines) is 1. The number of carbonyl (C=O) groups is 2. The maximum atomic E-state index is 13.6. The summed E-state index contributed by atoms with van der Waals surface area (Å²) in [4.78, 5) is 29.6. The minimum absolute atomic E-state index is 0.0469. The molecular weight excluding hydrogens is 395 g/mol. The van der Waals surface area contributed by atoms with Gasteiger partial charge in [0, 0.05) is 25.0 Å². The van der Waals surface area contributed by atoms with E-state index in [4.69, 9.17) is 0 Å². The van der Waals surface area contributed by atoms with Crippen LogP contribution in [0.2, 0.25) is 0 Å². The van der Waals surface area contributed by atoms with Gasteiger partial charge in [-0.3, -0.25) is 14.5 Å². The van der Waals surface area contributed by atoms with Crippen molar-refractivity contribution in [2.75, 3.05) is 24.5 Å². The quantitative estimate of drug-likeness (QED) is 0.627. The van der Waals surface area contributed by atoms with Crippen molar-refractivity contribution in [3.8, 4) is 5.69 Å². The fourth-order valence-corrected chi connectivity index (χ4v) is 3.72. The van der Waals surface area contributed by atoms with Gasteiger partial charge in [0.1, 0.15) is 12.4 Å². The molecule has 1 fully saturated rings. The Bertz CT molecular complexity index is 1070. The molecule has 0 saturated carbocycles. The smallest absolute Gasteiger partial charge is 0.279 e. The van der Waals surface area contributed by atoms with Gasteiger partial charge in [-0.25, -0.2) is 9.07 Å². The molecule has 3 aromatic rings. The van der Waals surface area contributed by atoms with Gasteiger partial charge in [-0.05, 0) is 62.6 Å². The van der Waals surface area contributed by atoms with Crippen LogP contribution in [0.15, 0.2) is 60.8 Å². The third-order valence-electron chi connectivity index (χ3n) is 5.47. The van der Waals surface area contributed by atoms with Gasteiger partial charge in [0.05, 0.1) is 5.69 Å². The lowest BCUT2D eigenvalue weighted by Gasteiger charge is -2.30. The first kappa shape index (κ1) is 20.8. The Morgan fingerprint density at radius 2 is 1.77 bits per heavy atom. The number of halogens is 1. The number of nitrogens with zero attached hydrogens (tertiary/aromatic N) is 4. The van der Waals surface area contributed by atoms with E-state index in [0.29, 0.717) is 11.4 Å². The van der Waals surface area contributed by atoms with Crippen LogP contribution < -0.4 is 4.90 Å². The zero-order chi connectivity index (χ0) is 21.8. The molecule has 0 atom stereocenters. The minimum atomic E-state index is -0.380. The van der Waals surface area contributed by atoms with E-state index >= 15 is 0 Å². The Hall–Kier alpha value is -3.48. The lowest BCUT2D eigenvalue weighted by atomic mass is 10.1. The largest absolute Gasteiger partial charge is 0.341 e. The van der Waals surface area contributed by atoms with Crippen molar-refractivity contribution in [2.24, 2.45) is 0 Å². The van der Waals surface area contributed by atoms with Crippen molar-refractivity contribution in [1.82, 2.24) is 14.7 Å². The summed E-state index contributed by atoms with van der Waals surface area (Å²) in [5.74, 6) is -0.822. The number of rotatable bonds is 5. The van der Waals surface area contributed by atoms with Crippen LogP contribution in [0, 0.1) is 12.7 Å². The van der Waals surface area contributed by atoms with Crippen LogP contribution in [0.1, 0.15) is 35.3 Å². The third kappa shape index (κ3) is 4.82. The second-order valence-electron chi connectivity index (χ2n) is 7.79. The fraction of sp³-hybridized carbons (Fsp3) is 0.292. The van der Waals surface area contributed by atoms with Crippen molar-refractivity contribution in [1.29, 1.82) is 0 Å². The SMILES string of the molecule is Cc1ccc(N(CC(=O)N2CCCCC2)C(=O)c2ccn(-c3cccc(F)c3)n2)cc1. The Balaban J connectivity index is 1.60. The Kier molecular flexibility index (Phi) is 6.11. The molecule has 0 aliphatic carbocycles. The molecule has 7 heteroatoms. The average molecular weight is 420 g/mol. The molecule has 0 N–H and O–H groups in total. The molecule has 4 rings (SSSR count). The number of aryl methyl sites for hydroxylation is 1. The predicted octanol–water partition coefficient (Wildman–Crippen LogP) is 3.98. The number of aromatic nitrogens is 2. The van der Waals surface area contributed by atoms with Gasteiger partial charge in [0.2, 0.25) is 5.91 Å². The van der Waals surface area contributed by atoms with Crippen molar-refractivity contribution in [2.45, 2.75) is 26.2 Å². The fourth-order valence-electron chi connectivity index (χ4n) is 3.72. The van der Waals surface area contributed by atoms with Crippen LogP contribution >= 0.6 is 0 Å². The minimum Gasteiger partial charge on any atom is -0.341 e. The normalized spacial score (nSPS) is 13.8. The van der Waals surface area contributed by atoms with Gasteiger partial charge in [-0.1, -0.05) is 23.8 Å². The van der Waals surface area contributed by atoms with E-state index in [1.807, 2.05) is 36.1 Å². The zero-order valence-electron chi connectivity index (χ0n) is 17.5. The van der Waals surface area contributed by atoms with Crippen LogP contribution in [0.25, 0.3) is 5.69 Å². The van der Waals surface area contributed by atoms with E-state index < -0.39 is 0 Å². The Morgan fingerprint density at radius 3 is 2.48 bits per heavy atom. The number of carbonyl (C=O) groups excluding carboxylic acids is 2. The lowest BCUT2D eigenvalue weighted by molar-refractivity contribution is -0.130. The summed E-state index contributed by atoms with van der Waals surface area (Å²) in [5, 5.41) is 4.34. The topological polar surface area (TPSA) is 58.4 Å². The molecule has 0 spiro atoms. The Labute approximate surface area is 180 Å². The zero-order valence-corrected chi connectivity index (χ0v) is 17.5. The number of benzene rings is 2. The second kappa shape index (κ2) is 9.12. The van der Waals surface area contributed by atoms with Crippen LogP contribution in [-0.2, 0) is 4.79 Å². The highest BCUT2D eigenvalue weighted by atomic mass is 19.1. The summed E-state index contributed by atoms with van der Waals surface area (Å²) >= 11 is 0. The van der Waals surface area contributed by atoms with Crippen molar-refractivity contribution >= 4 is 17.5 Å². The first-order valence-electron chi connectivity index (χ1n) is 10.5. The van der Waals surface area contributed by atoms with Crippen molar-refractivity contribution < 1.29 is 14.0 Å². The molecule has 2 amide bonds. The summed E-state index contributed by atoms with van der Waals surface area (Å²) in [6.45, 7) is 3.37. The molecule has 2 aromatic carbocycles. The number of piperidine rings is 1. The van der Waals surface area contributed by atoms with Gasteiger partial charge in [-0.15, -0.1) is 0 Å². The molecule has 160 valence electrons. The van der Waals surface area contributed by atoms with E-state index in [1.165, 1.54) is 21.7 Å². The molecule has 0 unspecified atom stereocenters. The molecule has 6 nitrogen and oxygen atoms in total. The molecule has 0 bridgehead atoms. The highest BCUT2D eigenvalue weighted by Gasteiger charge is 2.26. The van der Waals surface area contributed by atoms with Gasteiger partial charge in [0.15, 0.2) is 5.69 Å². The number of hydrogen-bond acceptors (Lipinski definition) is 3. The molecule has 1 aliphatic heterocycles. The van der Waals surface area contributed by atoms with Crippen molar-refractivity contribution in [3.05, 3.63) is 77.9 Å². The average Bonchev–Trinajstić information content (AvgIpc) is 3.29. The van der Waals surface area contributed by atoms with E-state index in [2.05, 4.69) is 5.10 Å². The second-order valence-corrected chi connectivity index (χ2v) is 7.79. The van der Waals surface area contributed by atoms with Crippen LogP contribution in [0.3, 0.4) is 0 Å². The number of amides is 2. The summed E-state index contributed by atoms with van der Waals surface area (Å²) < 4.78 is 15.0. The maximum Gasteiger partial charge on any atom is 0.279 e. The monoisotopic (exact) mass is 420 g/mol. The first-order valence-corrected chi connectivity index (χ1v) is 10.5. The van der Waals surface area contributed by atoms with Gasteiger partial charge in [0.25, 0.3) is 5.91 Å². The van der Waals surface area contributed by atoms with E-state index in [1.54, 1.807) is 24.4 Å². The molecule has 1 aromatic heterocycles. The Morgan fingerprint density at radius 1 is 1.03 bits per heavy atom. The van der Waals surface area contributed by atoms with Gasteiger partial charge >= 0.3 is 0 Å². The maximum absolute atomic E-state index is 13.6. The molecule has 1 aliphatic rings. The lowest BCUT2D eigenvalue weighted by Crippen LogP contribution is -2.45. The highest BCUT2D eigenvalue weighted by molar-refractivity contribution is 6.07. The molecule has 0 radical (unpaired) electrons. The third-order valence-corrected chi connectivity index (χ3v) is 5.47. The molecule has 2 heterocycles. The number of hydrogen-bond donors (Lipinski definition) is 0. The van der Waals surface area contributed by atoms with E-state index in [-0.39, 0.29) is 29.9 Å². The summed E-state index contributed by atoms with van der Waals surface area (Å²) in [6, 6.07) is 15.1. The van der Waals surface area contributed by atoms with Crippen LogP contribution in [0.5, 0.6) is 0 Å². The first-order chi connectivity index (χ1) is 15.0. The number of anilines is 1. The summed E-state index contributed by atoms with van der Waals surface area (Å²) in [5.41, 5.74) is 2.41. The van der Waals surface area contributed by atoms with E-state index in [0.717, 1.165) is 37.9 Å². The highest BCUT2D eigenvalue weighted by Crippen LogP contribution is 2.20. The van der Waals surface area contributed by atoms with Crippen molar-refractivity contribution in [3.63, 3.8) is 0 Å². The van der Waals surface area contributed by atoms with Gasteiger partial charge in [-0.2, -0.15) is 5.10 Å². The van der Waals surface area contributed by atoms with E-state index in [9.17, 15) is 14.0 Å². The predicted molar refractivity (Wildman–Crippen MR) is 117 cm³/mol. The standard InChI is InChI=1S/C24H25FN4O2/c1-18-8-10-20(11-9-18)28(17-23(30)27-13-3-2-4-14-27)24(31)22-12-15-29(26-22)21-7-5-6-19(25)16-21/h5-12,15-16H,2-4,13-14,17H2,1H3. The summed E-state index contributed by atoms with van der Waals surface area (Å²) in [7, 11) is 0. The van der Waals surface area contributed by atoms with Crippen LogP contribution in [-0.4, -0.2) is 46.1 Å². The molecule has 1 saturated heterocycles. The summed E-state index contributed by atoms with van der Waals surface area (Å²) in [6.07, 6.45) is 4.72. The molecular formula is C24H25FN4O2.